The fourth-order valence-electron chi connectivity index (χ4n) is 3.14. The third-order valence-corrected chi connectivity index (χ3v) is 4.70. The van der Waals surface area contributed by atoms with Crippen LogP contribution in [0, 0.1) is 11.8 Å². The van der Waals surface area contributed by atoms with Crippen LogP contribution in [0.25, 0.3) is 0 Å². The molecule has 1 aliphatic heterocycles. The minimum absolute atomic E-state index is 0.0176. The highest BCUT2D eigenvalue weighted by atomic mass is 16.5. The van der Waals surface area contributed by atoms with Crippen LogP contribution in [-0.4, -0.2) is 32.0 Å². The number of ketones is 1. The molecule has 26 heavy (non-hydrogen) atoms. The van der Waals surface area contributed by atoms with Crippen molar-refractivity contribution in [1.82, 2.24) is 5.32 Å². The number of nitrogens with one attached hydrogen (secondary N) is 1. The van der Waals surface area contributed by atoms with Crippen molar-refractivity contribution in [1.29, 1.82) is 0 Å². The van der Waals surface area contributed by atoms with Crippen LogP contribution < -0.4 is 10.1 Å². The summed E-state index contributed by atoms with van der Waals surface area (Å²) in [6.07, 6.45) is 0.301. The fourth-order valence-corrected chi connectivity index (χ4v) is 3.14. The Labute approximate surface area is 153 Å². The summed E-state index contributed by atoms with van der Waals surface area (Å²) < 4.78 is 10.6. The zero-order valence-electron chi connectivity index (χ0n) is 14.8. The van der Waals surface area contributed by atoms with Gasteiger partial charge in [-0.2, -0.15) is 0 Å². The summed E-state index contributed by atoms with van der Waals surface area (Å²) in [5, 5.41) is 2.95. The van der Waals surface area contributed by atoms with Crippen LogP contribution in [-0.2, 0) is 16.1 Å². The molecule has 3 rings (SSSR count). The van der Waals surface area contributed by atoms with Gasteiger partial charge in [0.1, 0.15) is 5.75 Å². The van der Waals surface area contributed by atoms with Gasteiger partial charge in [0.2, 0.25) is 5.91 Å². The minimum Gasteiger partial charge on any atom is -0.497 e. The second-order valence-corrected chi connectivity index (χ2v) is 6.46. The summed E-state index contributed by atoms with van der Waals surface area (Å²) in [6, 6.07) is 16.8. The van der Waals surface area contributed by atoms with Crippen LogP contribution in [0.1, 0.15) is 22.3 Å². The van der Waals surface area contributed by atoms with E-state index in [1.165, 1.54) is 0 Å². The highest BCUT2D eigenvalue weighted by molar-refractivity contribution is 5.96. The van der Waals surface area contributed by atoms with E-state index < -0.39 is 0 Å². The number of Topliss-reactive ketones (excluding diaryl/α,β-unsaturated/α-hetero) is 1. The van der Waals surface area contributed by atoms with Crippen LogP contribution in [0.15, 0.2) is 54.6 Å². The number of amides is 1. The number of carbonyl (C=O) groups excluding carboxylic acids is 2. The number of methoxy groups -OCH3 is 1. The third-order valence-electron chi connectivity index (χ3n) is 4.70. The van der Waals surface area contributed by atoms with E-state index in [1.54, 1.807) is 31.4 Å². The highest BCUT2D eigenvalue weighted by Gasteiger charge is 2.35. The highest BCUT2D eigenvalue weighted by Crippen LogP contribution is 2.26. The molecule has 0 spiro atoms. The zero-order valence-corrected chi connectivity index (χ0v) is 14.8. The Kier molecular flexibility index (Phi) is 6.02. The lowest BCUT2D eigenvalue weighted by atomic mass is 9.88. The maximum Gasteiger partial charge on any atom is 0.226 e. The number of ether oxygens (including phenoxy) is 2. The normalized spacial score (nSPS) is 19.1. The van der Waals surface area contributed by atoms with Gasteiger partial charge in [-0.3, -0.25) is 9.59 Å². The number of carbonyl (C=O) groups is 2. The van der Waals surface area contributed by atoms with Gasteiger partial charge in [-0.1, -0.05) is 30.3 Å². The van der Waals surface area contributed by atoms with Crippen LogP contribution in [0.2, 0.25) is 0 Å². The topological polar surface area (TPSA) is 64.6 Å². The lowest BCUT2D eigenvalue weighted by molar-refractivity contribution is -0.126. The van der Waals surface area contributed by atoms with E-state index in [4.69, 9.17) is 9.47 Å². The van der Waals surface area contributed by atoms with Crippen molar-refractivity contribution < 1.29 is 19.1 Å². The van der Waals surface area contributed by atoms with Crippen molar-refractivity contribution in [3.63, 3.8) is 0 Å². The molecule has 0 saturated carbocycles. The van der Waals surface area contributed by atoms with Crippen molar-refractivity contribution in [2.45, 2.75) is 13.0 Å². The van der Waals surface area contributed by atoms with Gasteiger partial charge in [-0.25, -0.2) is 0 Å². The van der Waals surface area contributed by atoms with Crippen molar-refractivity contribution >= 4 is 11.7 Å². The smallest absolute Gasteiger partial charge is 0.226 e. The Morgan fingerprint density at radius 3 is 2.50 bits per heavy atom. The van der Waals surface area contributed by atoms with Gasteiger partial charge in [0.05, 0.1) is 26.2 Å². The van der Waals surface area contributed by atoms with Crippen molar-refractivity contribution in [3.05, 3.63) is 65.7 Å². The third kappa shape index (κ3) is 4.49. The number of benzene rings is 2. The van der Waals surface area contributed by atoms with Gasteiger partial charge in [0.25, 0.3) is 0 Å². The van der Waals surface area contributed by atoms with Crippen molar-refractivity contribution in [2.24, 2.45) is 11.8 Å². The second-order valence-electron chi connectivity index (χ2n) is 6.46. The molecule has 2 aromatic carbocycles. The molecule has 1 fully saturated rings. The Bertz CT molecular complexity index is 742. The van der Waals surface area contributed by atoms with E-state index in [0.717, 1.165) is 5.56 Å². The molecule has 0 radical (unpaired) electrons. The van der Waals surface area contributed by atoms with E-state index in [-0.39, 0.29) is 23.5 Å². The molecule has 5 nitrogen and oxygen atoms in total. The van der Waals surface area contributed by atoms with Crippen LogP contribution in [0.4, 0.5) is 0 Å². The number of hydrogen-bond acceptors (Lipinski definition) is 4. The van der Waals surface area contributed by atoms with E-state index >= 15 is 0 Å². The predicted molar refractivity (Wildman–Crippen MR) is 98.0 cm³/mol. The minimum atomic E-state index is -0.291. The fraction of sp³-hybridized carbons (Fsp3) is 0.333. The number of hydrogen-bond donors (Lipinski definition) is 1. The molecular formula is C21H23NO4. The quantitative estimate of drug-likeness (QED) is 0.778. The SMILES string of the molecule is COc1ccc(C(=O)C[C@H]2COC[C@H]2C(=O)NCc2ccccc2)cc1. The molecule has 1 amide bonds. The molecule has 5 heteroatoms. The molecule has 0 bridgehead atoms. The average molecular weight is 353 g/mol. The Balaban J connectivity index is 1.56. The van der Waals surface area contributed by atoms with Gasteiger partial charge in [0.15, 0.2) is 5.78 Å². The number of rotatable bonds is 7. The molecule has 136 valence electrons. The second kappa shape index (κ2) is 8.63. The summed E-state index contributed by atoms with van der Waals surface area (Å²) in [5.74, 6) is 0.285. The van der Waals surface area contributed by atoms with Gasteiger partial charge in [-0.15, -0.1) is 0 Å². The van der Waals surface area contributed by atoms with Crippen molar-refractivity contribution in [3.8, 4) is 5.75 Å². The van der Waals surface area contributed by atoms with Gasteiger partial charge < -0.3 is 14.8 Å². The summed E-state index contributed by atoms with van der Waals surface area (Å²) in [4.78, 5) is 25.0. The van der Waals surface area contributed by atoms with Crippen LogP contribution in [0.5, 0.6) is 5.75 Å². The van der Waals surface area contributed by atoms with E-state index in [0.29, 0.717) is 37.5 Å². The molecule has 1 N–H and O–H groups in total. The lowest BCUT2D eigenvalue weighted by Gasteiger charge is -2.17. The summed E-state index contributed by atoms with van der Waals surface area (Å²) in [5.41, 5.74) is 1.67. The predicted octanol–water partition coefficient (Wildman–Crippen LogP) is 2.85. The summed E-state index contributed by atoms with van der Waals surface area (Å²) in [7, 11) is 1.59. The van der Waals surface area contributed by atoms with Gasteiger partial charge in [-0.05, 0) is 29.8 Å². The van der Waals surface area contributed by atoms with E-state index in [1.807, 2.05) is 30.3 Å². The molecule has 2 aromatic rings. The monoisotopic (exact) mass is 353 g/mol. The molecule has 0 unspecified atom stereocenters. The zero-order chi connectivity index (χ0) is 18.4. The molecule has 1 saturated heterocycles. The Morgan fingerprint density at radius 2 is 1.81 bits per heavy atom. The first-order valence-corrected chi connectivity index (χ1v) is 8.74. The molecule has 0 aliphatic carbocycles. The maximum absolute atomic E-state index is 12.5. The largest absolute Gasteiger partial charge is 0.497 e. The maximum atomic E-state index is 12.5. The molecule has 1 heterocycles. The van der Waals surface area contributed by atoms with Gasteiger partial charge in [0, 0.05) is 24.4 Å². The standard InChI is InChI=1S/C21H23NO4/c1-25-18-9-7-16(8-10-18)20(23)11-17-13-26-14-19(17)21(24)22-12-15-5-3-2-4-6-15/h2-10,17,19H,11-14H2,1H3,(H,22,24)/t17-,19+/m0/s1. The van der Waals surface area contributed by atoms with Crippen LogP contribution >= 0.6 is 0 Å². The van der Waals surface area contributed by atoms with Crippen molar-refractivity contribution in [2.75, 3.05) is 20.3 Å². The van der Waals surface area contributed by atoms with Crippen LogP contribution in [0.3, 0.4) is 0 Å². The van der Waals surface area contributed by atoms with Gasteiger partial charge >= 0.3 is 0 Å². The summed E-state index contributed by atoms with van der Waals surface area (Å²) >= 11 is 0. The van der Waals surface area contributed by atoms with E-state index in [9.17, 15) is 9.59 Å². The molecular weight excluding hydrogens is 330 g/mol. The van der Waals surface area contributed by atoms with E-state index in [2.05, 4.69) is 5.32 Å². The first-order chi connectivity index (χ1) is 12.7. The average Bonchev–Trinajstić information content (AvgIpc) is 3.15. The first-order valence-electron chi connectivity index (χ1n) is 8.74. The Hall–Kier alpha value is -2.66. The molecule has 2 atom stereocenters. The lowest BCUT2D eigenvalue weighted by Crippen LogP contribution is -2.35. The molecule has 0 aromatic heterocycles. The summed E-state index contributed by atoms with van der Waals surface area (Å²) in [6.45, 7) is 1.28. The molecule has 1 aliphatic rings. The Morgan fingerprint density at radius 1 is 1.08 bits per heavy atom. The first kappa shape index (κ1) is 18.1.